The van der Waals surface area contributed by atoms with Crippen LogP contribution in [0, 0.1) is 0 Å². The fourth-order valence-corrected chi connectivity index (χ4v) is 4.48. The Kier molecular flexibility index (Phi) is 3.23. The van der Waals surface area contributed by atoms with Crippen LogP contribution in [-0.4, -0.2) is 21.9 Å². The lowest BCUT2D eigenvalue weighted by atomic mass is 10.2. The zero-order valence-electron chi connectivity index (χ0n) is 9.30. The lowest BCUT2D eigenvalue weighted by molar-refractivity contribution is 0.103. The van der Waals surface area contributed by atoms with E-state index in [4.69, 9.17) is 5.73 Å². The van der Waals surface area contributed by atoms with Gasteiger partial charge in [-0.3, -0.25) is 10.1 Å². The van der Waals surface area contributed by atoms with Crippen LogP contribution in [0.5, 0.6) is 0 Å². The number of hydrogen-bond donors (Lipinski definition) is 2. The average molecular weight is 298 g/mol. The number of thioether (sulfide) groups is 1. The van der Waals surface area contributed by atoms with E-state index in [1.165, 1.54) is 21.8 Å². The number of aromatic nitrogens is 2. The number of thiophene rings is 1. The minimum absolute atomic E-state index is 0.129. The van der Waals surface area contributed by atoms with Crippen molar-refractivity contribution in [3.8, 4) is 0 Å². The molecule has 3 rings (SSSR count). The number of carbonyl (C=O) groups is 1. The Balaban J connectivity index is 1.78. The van der Waals surface area contributed by atoms with Crippen LogP contribution in [0.3, 0.4) is 0 Å². The highest BCUT2D eigenvalue weighted by molar-refractivity contribution is 7.98. The van der Waals surface area contributed by atoms with Gasteiger partial charge < -0.3 is 5.73 Å². The van der Waals surface area contributed by atoms with Gasteiger partial charge in [-0.05, 0) is 23.8 Å². The monoisotopic (exact) mass is 298 g/mol. The summed E-state index contributed by atoms with van der Waals surface area (Å²) in [6.45, 7) is 0. The Morgan fingerprint density at radius 2 is 2.28 bits per heavy atom. The molecule has 0 saturated carbocycles. The van der Waals surface area contributed by atoms with Crippen LogP contribution in [0.1, 0.15) is 20.1 Å². The summed E-state index contributed by atoms with van der Waals surface area (Å²) in [4.78, 5) is 14.1. The van der Waals surface area contributed by atoms with E-state index < -0.39 is 0 Å². The second-order valence-electron chi connectivity index (χ2n) is 3.76. The number of nitrogen functional groups attached to an aromatic ring is 1. The highest BCUT2D eigenvalue weighted by Crippen LogP contribution is 2.32. The second-order valence-corrected chi connectivity index (χ2v) is 7.01. The van der Waals surface area contributed by atoms with Crippen molar-refractivity contribution in [2.24, 2.45) is 0 Å². The van der Waals surface area contributed by atoms with Crippen molar-refractivity contribution in [1.29, 1.82) is 0 Å². The van der Waals surface area contributed by atoms with Crippen LogP contribution in [0.15, 0.2) is 6.07 Å². The standard InChI is InChI=1S/C10H10N4OS3/c11-9-13-14-10(18-9)12-8(15)7-3-5-4-16-2-1-6(5)17-7/h3H,1-2,4H2,(H2,11,13)(H,12,14,15). The molecule has 1 amide bonds. The SMILES string of the molecule is Nc1nnc(NC(=O)c2cc3c(s2)CCSC3)s1. The van der Waals surface area contributed by atoms with Gasteiger partial charge in [0.2, 0.25) is 10.3 Å². The van der Waals surface area contributed by atoms with Crippen molar-refractivity contribution in [3.05, 3.63) is 21.4 Å². The van der Waals surface area contributed by atoms with Crippen LogP contribution in [0.4, 0.5) is 10.3 Å². The maximum Gasteiger partial charge on any atom is 0.267 e. The Morgan fingerprint density at radius 1 is 1.39 bits per heavy atom. The molecule has 3 N–H and O–H groups in total. The number of nitrogens with one attached hydrogen (secondary N) is 1. The minimum atomic E-state index is -0.129. The highest BCUT2D eigenvalue weighted by atomic mass is 32.2. The molecule has 3 heterocycles. The quantitative estimate of drug-likeness (QED) is 0.888. The van der Waals surface area contributed by atoms with Gasteiger partial charge in [0.05, 0.1) is 4.88 Å². The molecule has 0 radical (unpaired) electrons. The molecule has 0 unspecified atom stereocenters. The zero-order valence-corrected chi connectivity index (χ0v) is 11.8. The van der Waals surface area contributed by atoms with Crippen molar-refractivity contribution in [1.82, 2.24) is 10.2 Å². The lowest BCUT2D eigenvalue weighted by Crippen LogP contribution is -2.09. The molecule has 2 aromatic heterocycles. The van der Waals surface area contributed by atoms with E-state index in [0.717, 1.165) is 22.8 Å². The molecule has 94 valence electrons. The van der Waals surface area contributed by atoms with E-state index in [9.17, 15) is 4.79 Å². The van der Waals surface area contributed by atoms with Gasteiger partial charge in [0.25, 0.3) is 5.91 Å². The van der Waals surface area contributed by atoms with Gasteiger partial charge in [-0.25, -0.2) is 0 Å². The third-order valence-electron chi connectivity index (χ3n) is 2.51. The third kappa shape index (κ3) is 2.36. The van der Waals surface area contributed by atoms with Crippen LogP contribution in [0.25, 0.3) is 0 Å². The topological polar surface area (TPSA) is 80.9 Å². The summed E-state index contributed by atoms with van der Waals surface area (Å²) < 4.78 is 0. The molecule has 0 bridgehead atoms. The fourth-order valence-electron chi connectivity index (χ4n) is 1.70. The second kappa shape index (κ2) is 4.87. The molecular formula is C10H10N4OS3. The molecule has 0 spiro atoms. The summed E-state index contributed by atoms with van der Waals surface area (Å²) in [7, 11) is 0. The molecule has 1 aliphatic rings. The first-order valence-corrected chi connectivity index (χ1v) is 8.11. The van der Waals surface area contributed by atoms with E-state index in [1.54, 1.807) is 11.3 Å². The normalized spacial score (nSPS) is 14.2. The lowest BCUT2D eigenvalue weighted by Gasteiger charge is -2.08. The van der Waals surface area contributed by atoms with Crippen LogP contribution < -0.4 is 11.1 Å². The van der Waals surface area contributed by atoms with Crippen LogP contribution >= 0.6 is 34.4 Å². The smallest absolute Gasteiger partial charge is 0.267 e. The Labute approximate surface area is 116 Å². The van der Waals surface area contributed by atoms with Gasteiger partial charge in [0, 0.05) is 10.6 Å². The molecule has 1 aliphatic heterocycles. The van der Waals surface area contributed by atoms with Gasteiger partial charge in [-0.2, -0.15) is 11.8 Å². The first kappa shape index (κ1) is 11.9. The maximum absolute atomic E-state index is 12.0. The van der Waals surface area contributed by atoms with Crippen molar-refractivity contribution in [3.63, 3.8) is 0 Å². The van der Waals surface area contributed by atoms with E-state index in [-0.39, 0.29) is 5.91 Å². The molecule has 0 atom stereocenters. The number of fused-ring (bicyclic) bond motifs is 1. The predicted molar refractivity (Wildman–Crippen MR) is 76.5 cm³/mol. The summed E-state index contributed by atoms with van der Waals surface area (Å²) in [6, 6.07) is 1.98. The summed E-state index contributed by atoms with van der Waals surface area (Å²) >= 11 is 4.65. The van der Waals surface area contributed by atoms with Crippen LogP contribution in [-0.2, 0) is 12.2 Å². The van der Waals surface area contributed by atoms with E-state index in [0.29, 0.717) is 10.3 Å². The number of hydrogen-bond acceptors (Lipinski definition) is 7. The summed E-state index contributed by atoms with van der Waals surface area (Å²) in [5.41, 5.74) is 6.76. The van der Waals surface area contributed by atoms with Gasteiger partial charge in [0.15, 0.2) is 0 Å². The molecule has 0 aliphatic carbocycles. The number of nitrogens with zero attached hydrogens (tertiary/aromatic N) is 2. The van der Waals surface area contributed by atoms with Crippen molar-refractivity contribution < 1.29 is 4.79 Å². The Morgan fingerprint density at radius 3 is 3.00 bits per heavy atom. The van der Waals surface area contributed by atoms with Gasteiger partial charge in [-0.1, -0.05) is 11.3 Å². The zero-order chi connectivity index (χ0) is 12.5. The molecule has 18 heavy (non-hydrogen) atoms. The minimum Gasteiger partial charge on any atom is -0.374 e. The molecule has 0 fully saturated rings. The number of amides is 1. The van der Waals surface area contributed by atoms with Crippen molar-refractivity contribution in [2.75, 3.05) is 16.8 Å². The summed E-state index contributed by atoms with van der Waals surface area (Å²) in [6.07, 6.45) is 1.06. The molecule has 8 heteroatoms. The first-order chi connectivity index (χ1) is 8.72. The molecule has 0 saturated heterocycles. The molecule has 0 aromatic carbocycles. The summed E-state index contributed by atoms with van der Waals surface area (Å²) in [5.74, 6) is 2.02. The molecular weight excluding hydrogens is 288 g/mol. The van der Waals surface area contributed by atoms with Gasteiger partial charge in [0.1, 0.15) is 0 Å². The summed E-state index contributed by atoms with van der Waals surface area (Å²) in [5, 5.41) is 10.9. The first-order valence-electron chi connectivity index (χ1n) is 5.32. The number of carbonyl (C=O) groups excluding carboxylic acids is 1. The Hall–Kier alpha value is -1.12. The number of rotatable bonds is 2. The average Bonchev–Trinajstić information content (AvgIpc) is 2.95. The van der Waals surface area contributed by atoms with Crippen LogP contribution in [0.2, 0.25) is 0 Å². The predicted octanol–water partition coefficient (Wildman–Crippen LogP) is 2.22. The maximum atomic E-state index is 12.0. The number of anilines is 2. The third-order valence-corrected chi connectivity index (χ3v) is 5.42. The van der Waals surface area contributed by atoms with E-state index in [1.807, 2.05) is 17.8 Å². The van der Waals surface area contributed by atoms with Gasteiger partial charge in [-0.15, -0.1) is 21.5 Å². The number of nitrogens with two attached hydrogens (primary N) is 1. The van der Waals surface area contributed by atoms with E-state index >= 15 is 0 Å². The molecule has 5 nitrogen and oxygen atoms in total. The Bertz CT molecular complexity index is 568. The fraction of sp³-hybridized carbons (Fsp3) is 0.300. The molecule has 2 aromatic rings. The largest absolute Gasteiger partial charge is 0.374 e. The highest BCUT2D eigenvalue weighted by Gasteiger charge is 2.18. The number of aryl methyl sites for hydroxylation is 1. The van der Waals surface area contributed by atoms with Crippen molar-refractivity contribution >= 4 is 50.6 Å². The van der Waals surface area contributed by atoms with E-state index in [2.05, 4.69) is 15.5 Å². The van der Waals surface area contributed by atoms with Crippen molar-refractivity contribution in [2.45, 2.75) is 12.2 Å². The van der Waals surface area contributed by atoms with Gasteiger partial charge >= 0.3 is 0 Å².